The van der Waals surface area contributed by atoms with E-state index in [1.54, 1.807) is 13.3 Å². The number of methoxy groups -OCH3 is 1. The van der Waals surface area contributed by atoms with E-state index >= 15 is 0 Å². The van der Waals surface area contributed by atoms with Crippen molar-refractivity contribution in [2.45, 2.75) is 143 Å². The summed E-state index contributed by atoms with van der Waals surface area (Å²) in [7, 11) is 1.68. The van der Waals surface area contributed by atoms with E-state index in [4.69, 9.17) is 34.6 Å². The Kier molecular flexibility index (Phi) is 20.2. The van der Waals surface area contributed by atoms with Crippen molar-refractivity contribution >= 4 is 17.5 Å². The number of piperazine rings is 3. The SMILES string of the molecule is COc1cncc(CN2C3CC2CN(c2ccc(-c4nc(C)cc(Cc5cc(C)[nH]n5)n4)cn2)C3)c1.Cc1cc(Cc2cc(C)[nH]n2)nc(-c2ccc(N3CC4CC(C3)N4Cc3ccc(-n4cc(F)cn4)nc3)nc2)n1.Cc1ccc(CN2C3CC2CN(c2ccc(-c4nc(C)cc(Cc5cc(C)[nH]n5)n4)cn2)C3)cn1. The molecule has 0 aliphatic carbocycles. The van der Waals surface area contributed by atoms with Crippen LogP contribution in [0, 0.1) is 54.3 Å². The van der Waals surface area contributed by atoms with Crippen LogP contribution in [0.15, 0.2) is 159 Å². The summed E-state index contributed by atoms with van der Waals surface area (Å²) in [5, 5.41) is 26.0. The number of hydrogen-bond donors (Lipinski definition) is 3. The first-order valence-electron chi connectivity index (χ1n) is 38.0. The Morgan fingerprint density at radius 1 is 0.378 bits per heavy atom. The van der Waals surface area contributed by atoms with Crippen molar-refractivity contribution in [2.24, 2.45) is 0 Å². The zero-order valence-corrected chi connectivity index (χ0v) is 63.7. The first-order valence-corrected chi connectivity index (χ1v) is 38.0. The van der Waals surface area contributed by atoms with Crippen LogP contribution in [0.5, 0.6) is 5.75 Å². The van der Waals surface area contributed by atoms with Crippen molar-refractivity contribution in [2.75, 3.05) is 61.1 Å². The van der Waals surface area contributed by atoms with Crippen LogP contribution >= 0.6 is 0 Å². The van der Waals surface area contributed by atoms with Crippen molar-refractivity contribution in [3.63, 3.8) is 0 Å². The van der Waals surface area contributed by atoms with Crippen LogP contribution in [0.1, 0.15) is 110 Å². The molecule has 13 aromatic rings. The number of ether oxygens (including phenoxy) is 1. The van der Waals surface area contributed by atoms with Crippen molar-refractivity contribution in [1.29, 1.82) is 0 Å². The molecule has 6 bridgehead atoms. The summed E-state index contributed by atoms with van der Waals surface area (Å²) in [6.07, 6.45) is 21.4. The molecule has 28 heteroatoms. The summed E-state index contributed by atoms with van der Waals surface area (Å²) in [5.74, 6) is 6.17. The van der Waals surface area contributed by atoms with Gasteiger partial charge in [0.1, 0.15) is 23.2 Å². The molecule has 0 aromatic carbocycles. The van der Waals surface area contributed by atoms with Crippen molar-refractivity contribution in [1.82, 2.24) is 115 Å². The van der Waals surface area contributed by atoms with Gasteiger partial charge >= 0.3 is 0 Å². The van der Waals surface area contributed by atoms with E-state index in [1.807, 2.05) is 128 Å². The number of aromatic nitrogens is 20. The van der Waals surface area contributed by atoms with Gasteiger partial charge in [-0.25, -0.2) is 58.9 Å². The van der Waals surface area contributed by atoms with E-state index in [1.165, 1.54) is 47.5 Å². The van der Waals surface area contributed by atoms with Crippen LogP contribution in [0.25, 0.3) is 40.0 Å². The van der Waals surface area contributed by atoms with E-state index in [-0.39, 0.29) is 5.82 Å². The summed E-state index contributed by atoms with van der Waals surface area (Å²) in [6, 6.07) is 38.2. The zero-order chi connectivity index (χ0) is 75.8. The van der Waals surface area contributed by atoms with Gasteiger partial charge in [0.25, 0.3) is 0 Å². The second kappa shape index (κ2) is 31.2. The maximum absolute atomic E-state index is 13.3. The van der Waals surface area contributed by atoms with Crippen LogP contribution in [0.3, 0.4) is 0 Å². The average Bonchev–Trinajstić information content (AvgIpc) is 0.951. The third kappa shape index (κ3) is 16.5. The van der Waals surface area contributed by atoms with Gasteiger partial charge in [-0.2, -0.15) is 20.4 Å². The summed E-state index contributed by atoms with van der Waals surface area (Å²) >= 11 is 0. The second-order valence-electron chi connectivity index (χ2n) is 30.4. The van der Waals surface area contributed by atoms with Crippen LogP contribution < -0.4 is 19.4 Å². The molecule has 0 saturated carbocycles. The smallest absolute Gasteiger partial charge is 0.161 e. The van der Waals surface area contributed by atoms with Crippen molar-refractivity contribution in [3.05, 3.63) is 255 Å². The minimum absolute atomic E-state index is 0.373. The fourth-order valence-electron chi connectivity index (χ4n) is 16.3. The average molecular weight is 1490 g/mol. The highest BCUT2D eigenvalue weighted by Crippen LogP contribution is 2.39. The lowest BCUT2D eigenvalue weighted by molar-refractivity contribution is -0.00880. The highest BCUT2D eigenvalue weighted by Gasteiger charge is 2.47. The monoisotopic (exact) mass is 1480 g/mol. The molecular formula is C83H89FN26O. The second-order valence-corrected chi connectivity index (χ2v) is 30.4. The molecule has 22 heterocycles. The molecule has 0 spiro atoms. The normalized spacial score (nSPS) is 19.1. The fraction of sp³-hybridized carbons (Fsp3) is 0.349. The number of piperidine rings is 3. The standard InChI is InChI=1S/C29H29FN10.C27H30N8O.C27H30N8/c1-18-7-23(9-24-8-19(2)36-37-24)35-29(34-18)21-4-6-27(32-12-21)38-16-25-10-26(17-38)39(25)14-20-3-5-28(31-11-20)40-15-22(30)13-33-40;1-17-6-21(9-22-7-18(2)32-33-22)31-27(30-17)20-4-5-26(29-12-20)34-15-23-10-24(16-34)35(23)14-19-8-25(36-3)13-28-11-19;1-17-4-5-20(12-28-17)14-35-24-11-25(35)16-34(15-24)26-7-6-21(13-29-26)27-30-18(2)8-22(31-27)10-23-9-19(3)32-33-23/h3-8,11-13,15,25-26H,9-10,14,16-17H2,1-2H3,(H,36,37);4-8,11-13,23-24H,9-10,14-16H2,1-3H3,(H,32,33);4-9,12-13,24-25H,10-11,14-16H2,1-3H3,(H,32,33). The molecule has 9 aliphatic rings. The molecule has 27 nitrogen and oxygen atoms in total. The van der Waals surface area contributed by atoms with Crippen LogP contribution in [0.2, 0.25) is 0 Å². The lowest BCUT2D eigenvalue weighted by Crippen LogP contribution is -2.68. The molecule has 6 unspecified atom stereocenters. The molecule has 564 valence electrons. The molecule has 9 saturated heterocycles. The summed E-state index contributed by atoms with van der Waals surface area (Å²) in [4.78, 5) is 70.9. The number of anilines is 3. The largest absolute Gasteiger partial charge is 0.495 e. The number of nitrogens with one attached hydrogen (secondary N) is 3. The van der Waals surface area contributed by atoms with Crippen molar-refractivity contribution < 1.29 is 9.13 Å². The van der Waals surface area contributed by atoms with Gasteiger partial charge < -0.3 is 19.4 Å². The molecule has 9 fully saturated rings. The quantitative estimate of drug-likeness (QED) is 0.0639. The zero-order valence-electron chi connectivity index (χ0n) is 63.7. The van der Waals surface area contributed by atoms with Gasteiger partial charge in [-0.05, 0) is 175 Å². The number of nitrogens with zero attached hydrogens (tertiary/aromatic N) is 23. The van der Waals surface area contributed by atoms with Crippen LogP contribution in [-0.2, 0) is 38.9 Å². The fourth-order valence-corrected chi connectivity index (χ4v) is 16.3. The third-order valence-electron chi connectivity index (χ3n) is 21.8. The lowest BCUT2D eigenvalue weighted by atomic mass is 9.87. The van der Waals surface area contributed by atoms with E-state index in [9.17, 15) is 4.39 Å². The number of halogens is 1. The Balaban J connectivity index is 0.000000121. The van der Waals surface area contributed by atoms with Crippen LogP contribution in [-0.4, -0.2) is 198 Å². The lowest BCUT2D eigenvalue weighted by Gasteiger charge is -2.56. The number of hydrogen-bond acceptors (Lipinski definition) is 23. The van der Waals surface area contributed by atoms with Crippen LogP contribution in [0.4, 0.5) is 21.8 Å². The van der Waals surface area contributed by atoms with E-state index in [0.717, 1.165) is 178 Å². The predicted molar refractivity (Wildman–Crippen MR) is 419 cm³/mol. The van der Waals surface area contributed by atoms with Crippen molar-refractivity contribution in [3.8, 4) is 45.7 Å². The Morgan fingerprint density at radius 2 is 0.766 bits per heavy atom. The Bertz CT molecular complexity index is 5360. The number of pyridine rings is 6. The molecule has 0 amide bonds. The summed E-state index contributed by atoms with van der Waals surface area (Å²) in [6.45, 7) is 22.6. The molecule has 6 atom stereocenters. The molecule has 0 radical (unpaired) electrons. The van der Waals surface area contributed by atoms with Gasteiger partial charge in [-0.1, -0.05) is 12.1 Å². The number of fused-ring (bicyclic) bond motifs is 6. The highest BCUT2D eigenvalue weighted by atomic mass is 19.1. The van der Waals surface area contributed by atoms with Gasteiger partial charge in [0.15, 0.2) is 29.1 Å². The Hall–Kier alpha value is -12.0. The maximum Gasteiger partial charge on any atom is 0.161 e. The number of aryl methyl sites for hydroxylation is 7. The van der Waals surface area contributed by atoms with Gasteiger partial charge in [0.2, 0.25) is 0 Å². The minimum atomic E-state index is -0.373. The molecule has 3 N–H and O–H groups in total. The topological polar surface area (TPSA) is 287 Å². The third-order valence-corrected chi connectivity index (χ3v) is 21.8. The highest BCUT2D eigenvalue weighted by molar-refractivity contribution is 5.60. The van der Waals surface area contributed by atoms with Gasteiger partial charge in [0, 0.05) is 208 Å². The number of H-pyrrole nitrogens is 3. The first kappa shape index (κ1) is 71.9. The van der Waals surface area contributed by atoms with Gasteiger partial charge in [-0.3, -0.25) is 40.0 Å². The maximum atomic E-state index is 13.3. The van der Waals surface area contributed by atoms with Gasteiger partial charge in [0.05, 0.1) is 59.9 Å². The molecular weight excluding hydrogens is 1400 g/mol. The molecule has 22 rings (SSSR count). The molecule has 13 aromatic heterocycles. The minimum Gasteiger partial charge on any atom is -0.495 e. The summed E-state index contributed by atoms with van der Waals surface area (Å²) < 4.78 is 20.0. The van der Waals surface area contributed by atoms with Gasteiger partial charge in [-0.15, -0.1) is 0 Å². The van der Waals surface area contributed by atoms with E-state index < -0.39 is 0 Å². The number of rotatable bonds is 20. The Labute approximate surface area is 643 Å². The summed E-state index contributed by atoms with van der Waals surface area (Å²) in [5.41, 5.74) is 19.2. The van der Waals surface area contributed by atoms with E-state index in [0.29, 0.717) is 78.8 Å². The van der Waals surface area contributed by atoms with E-state index in [2.05, 4.69) is 156 Å². The molecule has 9 aliphatic heterocycles. The predicted octanol–water partition coefficient (Wildman–Crippen LogP) is 10.6. The molecule has 111 heavy (non-hydrogen) atoms. The number of aromatic amines is 3. The Morgan fingerprint density at radius 3 is 1.10 bits per heavy atom. The first-order chi connectivity index (χ1) is 54.0.